The fourth-order valence-electron chi connectivity index (χ4n) is 14.3. The van der Waals surface area contributed by atoms with Crippen LogP contribution in [0.3, 0.4) is 0 Å². The Bertz CT molecular complexity index is 2420. The van der Waals surface area contributed by atoms with Crippen molar-refractivity contribution in [3.05, 3.63) is 12.2 Å². The Kier molecular flexibility index (Phi) is 42.3. The van der Waals surface area contributed by atoms with Crippen molar-refractivity contribution in [2.45, 2.75) is 391 Å². The topological polar surface area (TPSA) is 533 Å². The highest BCUT2D eigenvalue weighted by molar-refractivity contribution is 5.76. The Morgan fingerprint density at radius 3 is 1.27 bits per heavy atom. The van der Waals surface area contributed by atoms with E-state index in [1.54, 1.807) is 6.08 Å². The zero-order chi connectivity index (χ0) is 77.6. The summed E-state index contributed by atoms with van der Waals surface area (Å²) < 4.78 is 70.7. The van der Waals surface area contributed by atoms with Crippen molar-refractivity contribution in [1.29, 1.82) is 0 Å². The van der Waals surface area contributed by atoms with Gasteiger partial charge in [0.25, 0.3) is 0 Å². The van der Waals surface area contributed by atoms with E-state index in [1.165, 1.54) is 103 Å². The van der Waals surface area contributed by atoms with Crippen LogP contribution in [-0.2, 0) is 66.4 Å². The van der Waals surface area contributed by atoms with Gasteiger partial charge in [0.1, 0.15) is 140 Å². The molecule has 620 valence electrons. The van der Waals surface area contributed by atoms with Crippen LogP contribution in [0.2, 0.25) is 0 Å². The van der Waals surface area contributed by atoms with Crippen LogP contribution in [-0.4, -0.2) is 340 Å². The highest BCUT2D eigenvalue weighted by atomic mass is 16.8. The summed E-state index contributed by atoms with van der Waals surface area (Å²) >= 11 is 0. The predicted molar refractivity (Wildman–Crippen MR) is 372 cm³/mol. The lowest BCUT2D eigenvalue weighted by Crippen LogP contribution is -2.70. The lowest BCUT2D eigenvalue weighted by Gasteiger charge is -2.51. The molecule has 32 atom stereocenters. The number of unbranched alkanes of at least 4 members (excludes halogenated alkanes) is 23. The average Bonchev–Trinajstić information content (AvgIpc) is 0.770. The van der Waals surface area contributed by atoms with Crippen molar-refractivity contribution in [2.24, 2.45) is 0 Å². The molecular weight excluding hydrogens is 1400 g/mol. The summed E-state index contributed by atoms with van der Waals surface area (Å²) in [6, 6.07) is -2.87. The number of ether oxygens (including phenoxy) is 12. The maximum Gasteiger partial charge on any atom is 0.220 e. The van der Waals surface area contributed by atoms with Gasteiger partial charge in [0, 0.05) is 13.3 Å². The van der Waals surface area contributed by atoms with Gasteiger partial charge in [-0.3, -0.25) is 9.59 Å². The van der Waals surface area contributed by atoms with Gasteiger partial charge in [0.15, 0.2) is 37.7 Å². The van der Waals surface area contributed by atoms with Crippen molar-refractivity contribution < 1.29 is 158 Å². The SMILES string of the molecule is CCCCCCCCCCCCC/C=C\[C@@H](O)[C@H](CO[C@@H]1O[C@H](CO)[C@@H](O[C@@H]2O[C@H](CO)[C@H](O[C@H]3O[C@H](CO)[C@H](O)[C@H](O[C@@H]4O[C@H](CO)[C@H](O)[C@H](O[C@@H]5O[C@H](CO)[C@H](O)[C@H](O)[C@H]5O[C@@H]5O[C@@H](C)[C@@H](O)[C@@H](O)[C@@H]5O)[C@H]4NC(C)=O)[C@H]3O)[C@H](O)[C@H]2O)[C@H](O)[C@H]1O)NC(=O)CCCCCCCCCCCCCCC. The van der Waals surface area contributed by atoms with E-state index in [0.29, 0.717) is 12.8 Å². The Labute approximate surface area is 621 Å². The Balaban J connectivity index is 1.09. The molecule has 0 unspecified atom stereocenters. The number of carbonyl (C=O) groups is 2. The monoisotopic (exact) mass is 1530 g/mol. The van der Waals surface area contributed by atoms with Crippen LogP contribution in [0.15, 0.2) is 12.2 Å². The van der Waals surface area contributed by atoms with Crippen molar-refractivity contribution in [1.82, 2.24) is 10.6 Å². The lowest BCUT2D eigenvalue weighted by molar-refractivity contribution is -0.393. The van der Waals surface area contributed by atoms with Gasteiger partial charge < -0.3 is 159 Å². The van der Waals surface area contributed by atoms with Gasteiger partial charge in [0.05, 0.1) is 57.9 Å². The molecule has 20 N–H and O–H groups in total. The Morgan fingerprint density at radius 1 is 0.387 bits per heavy atom. The van der Waals surface area contributed by atoms with Gasteiger partial charge in [-0.15, -0.1) is 0 Å². The van der Waals surface area contributed by atoms with E-state index in [-0.39, 0.29) is 12.3 Å². The van der Waals surface area contributed by atoms with Crippen LogP contribution >= 0.6 is 0 Å². The first-order valence-corrected chi connectivity index (χ1v) is 38.8. The van der Waals surface area contributed by atoms with Crippen molar-refractivity contribution in [3.63, 3.8) is 0 Å². The molecule has 6 saturated heterocycles. The maximum absolute atomic E-state index is 13.5. The first-order valence-electron chi connectivity index (χ1n) is 38.8. The Hall–Kier alpha value is -2.52. The van der Waals surface area contributed by atoms with E-state index in [9.17, 15) is 102 Å². The molecule has 2 amide bonds. The van der Waals surface area contributed by atoms with Crippen LogP contribution in [0.25, 0.3) is 0 Å². The molecule has 6 rings (SSSR count). The first-order chi connectivity index (χ1) is 50.9. The quantitative estimate of drug-likeness (QED) is 0.0225. The summed E-state index contributed by atoms with van der Waals surface area (Å²) in [4.78, 5) is 26.4. The second-order valence-electron chi connectivity index (χ2n) is 29.2. The Morgan fingerprint density at radius 2 is 0.764 bits per heavy atom. The minimum atomic E-state index is -2.25. The standard InChI is InChI=1S/C72H130N2O32/c1-5-7-9-11-13-15-17-19-21-23-25-27-29-31-42(81)41(74-48(82)32-30-28-26-24-22-20-18-16-14-12-10-8-6-2)38-95-68-59(92)56(89)62(46(36-78)100-68)102-70-60(93)57(90)63(47(37-79)101-70)103-71-61(94)65(53(86)45(35-77)98-71)105-67-49(73-40(4)80)64(52(85)44(34-76)97-67)104-72-66(55(88)51(84)43(33-75)99-72)106-69-58(91)54(87)50(83)39(3)96-69/h29,31,39,41-47,49-72,75-79,81,83-94H,5-28,30,32-38H2,1-4H3,(H,73,80)(H,74,82)/b31-29-/t39-,41-,42+,43+,44+,45+,46+,47+,49+,50+,51-,52-,53-,54+,55-,56+,57+,58-,59+,60+,61+,62+,63-,64+,65-,66+,67-,68+,69-,70-,71+,72-/m0/s1. The summed E-state index contributed by atoms with van der Waals surface area (Å²) in [5, 5.41) is 205. The zero-order valence-corrected chi connectivity index (χ0v) is 62.0. The molecule has 6 aliphatic rings. The summed E-state index contributed by atoms with van der Waals surface area (Å²) in [6.07, 6.45) is -24.4. The molecular formula is C72H130N2O32. The molecule has 0 aliphatic carbocycles. The molecule has 0 aromatic heterocycles. The number of rotatable bonds is 48. The van der Waals surface area contributed by atoms with Crippen LogP contribution in [0.5, 0.6) is 0 Å². The third-order valence-electron chi connectivity index (χ3n) is 20.8. The summed E-state index contributed by atoms with van der Waals surface area (Å²) in [7, 11) is 0. The normalized spacial score (nSPS) is 38.7. The fraction of sp³-hybridized carbons (Fsp3) is 0.944. The second kappa shape index (κ2) is 48.5. The van der Waals surface area contributed by atoms with Crippen molar-refractivity contribution in [2.75, 3.05) is 39.6 Å². The van der Waals surface area contributed by atoms with Gasteiger partial charge in [-0.25, -0.2) is 0 Å². The van der Waals surface area contributed by atoms with E-state index in [0.717, 1.165) is 58.3 Å². The number of nitrogens with one attached hydrogen (secondary N) is 2. The smallest absolute Gasteiger partial charge is 0.220 e. The number of amides is 2. The second-order valence-corrected chi connectivity index (χ2v) is 29.2. The number of aliphatic hydroxyl groups is 18. The predicted octanol–water partition coefficient (Wildman–Crippen LogP) is -2.32. The van der Waals surface area contributed by atoms with Crippen molar-refractivity contribution >= 4 is 11.8 Å². The zero-order valence-electron chi connectivity index (χ0n) is 62.0. The summed E-state index contributed by atoms with van der Waals surface area (Å²) in [6.45, 7) is 1.33. The minimum absolute atomic E-state index is 0.185. The van der Waals surface area contributed by atoms with Gasteiger partial charge in [-0.2, -0.15) is 0 Å². The third kappa shape index (κ3) is 27.1. The van der Waals surface area contributed by atoms with Crippen LogP contribution in [0, 0.1) is 0 Å². The highest BCUT2D eigenvalue weighted by Gasteiger charge is 2.58. The van der Waals surface area contributed by atoms with Gasteiger partial charge in [-0.1, -0.05) is 167 Å². The molecule has 6 fully saturated rings. The maximum atomic E-state index is 13.5. The fourth-order valence-corrected chi connectivity index (χ4v) is 14.3. The number of carbonyl (C=O) groups excluding carboxylic acids is 2. The van der Waals surface area contributed by atoms with Crippen LogP contribution in [0.1, 0.15) is 195 Å². The van der Waals surface area contributed by atoms with Crippen LogP contribution in [0.4, 0.5) is 0 Å². The molecule has 34 heteroatoms. The molecule has 0 spiro atoms. The van der Waals surface area contributed by atoms with E-state index in [4.69, 9.17) is 56.8 Å². The summed E-state index contributed by atoms with van der Waals surface area (Å²) in [5.74, 6) is -1.21. The number of allylic oxidation sites excluding steroid dienone is 1. The molecule has 6 heterocycles. The highest BCUT2D eigenvalue weighted by Crippen LogP contribution is 2.38. The molecule has 0 saturated carbocycles. The number of hydrogen-bond acceptors (Lipinski definition) is 32. The first kappa shape index (κ1) is 92.3. The van der Waals surface area contributed by atoms with E-state index in [2.05, 4.69) is 24.5 Å². The molecule has 6 aliphatic heterocycles. The molecule has 0 bridgehead atoms. The minimum Gasteiger partial charge on any atom is -0.394 e. The number of hydrogen-bond donors (Lipinski definition) is 20. The number of aliphatic hydroxyl groups excluding tert-OH is 18. The van der Waals surface area contributed by atoms with E-state index in [1.807, 2.05) is 6.08 Å². The molecule has 0 radical (unpaired) electrons. The van der Waals surface area contributed by atoms with Crippen LogP contribution < -0.4 is 10.6 Å². The molecule has 0 aromatic carbocycles. The van der Waals surface area contributed by atoms with Gasteiger partial charge >= 0.3 is 0 Å². The van der Waals surface area contributed by atoms with Gasteiger partial charge in [0.2, 0.25) is 11.8 Å². The molecule has 34 nitrogen and oxygen atoms in total. The van der Waals surface area contributed by atoms with E-state index < -0.39 is 242 Å². The summed E-state index contributed by atoms with van der Waals surface area (Å²) in [5.41, 5.74) is 0. The molecule has 106 heavy (non-hydrogen) atoms. The lowest BCUT2D eigenvalue weighted by atomic mass is 9.94. The van der Waals surface area contributed by atoms with Crippen molar-refractivity contribution in [3.8, 4) is 0 Å². The largest absolute Gasteiger partial charge is 0.394 e. The van der Waals surface area contributed by atoms with E-state index >= 15 is 0 Å². The third-order valence-corrected chi connectivity index (χ3v) is 20.8. The molecule has 0 aromatic rings. The average molecular weight is 1540 g/mol. The van der Waals surface area contributed by atoms with Gasteiger partial charge in [-0.05, 0) is 26.2 Å².